The summed E-state index contributed by atoms with van der Waals surface area (Å²) >= 11 is 6.06. The first kappa shape index (κ1) is 16.6. The van der Waals surface area contributed by atoms with Crippen LogP contribution in [0.2, 0.25) is 5.02 Å². The van der Waals surface area contributed by atoms with Gasteiger partial charge in [0, 0.05) is 13.1 Å². The van der Waals surface area contributed by atoms with Crippen molar-refractivity contribution in [2.75, 3.05) is 48.4 Å². The van der Waals surface area contributed by atoms with E-state index in [1.807, 2.05) is 30.3 Å². The third-order valence-corrected chi connectivity index (χ3v) is 4.17. The van der Waals surface area contributed by atoms with Crippen molar-refractivity contribution in [1.29, 1.82) is 0 Å². The largest absolute Gasteiger partial charge is 0.378 e. The number of rotatable bonds is 5. The Bertz CT molecular complexity index is 702. The standard InChI is InChI=1S/C18H20ClN3O2/c19-14-5-1-2-6-15(14)21-18(23)13-20-16-7-3-4-8-17(16)22-9-11-24-12-10-22/h1-8,20H,9-13H2,(H,21,23). The van der Waals surface area contributed by atoms with Gasteiger partial charge in [-0.2, -0.15) is 0 Å². The van der Waals surface area contributed by atoms with E-state index in [0.717, 1.165) is 37.7 Å². The van der Waals surface area contributed by atoms with Crippen LogP contribution in [-0.2, 0) is 9.53 Å². The lowest BCUT2D eigenvalue weighted by atomic mass is 10.2. The molecule has 0 aliphatic carbocycles. The van der Waals surface area contributed by atoms with E-state index in [9.17, 15) is 4.79 Å². The molecule has 5 nitrogen and oxygen atoms in total. The van der Waals surface area contributed by atoms with Crippen molar-refractivity contribution in [3.8, 4) is 0 Å². The summed E-state index contributed by atoms with van der Waals surface area (Å²) in [7, 11) is 0. The van der Waals surface area contributed by atoms with E-state index in [1.165, 1.54) is 0 Å². The molecule has 3 rings (SSSR count). The van der Waals surface area contributed by atoms with Gasteiger partial charge in [-0.25, -0.2) is 0 Å². The van der Waals surface area contributed by atoms with Gasteiger partial charge in [-0.15, -0.1) is 0 Å². The molecule has 1 aliphatic rings. The number of hydrogen-bond acceptors (Lipinski definition) is 4. The number of carbonyl (C=O) groups is 1. The Morgan fingerprint density at radius 3 is 2.46 bits per heavy atom. The minimum atomic E-state index is -0.139. The Morgan fingerprint density at radius 2 is 1.71 bits per heavy atom. The van der Waals surface area contributed by atoms with Gasteiger partial charge < -0.3 is 20.3 Å². The highest BCUT2D eigenvalue weighted by Crippen LogP contribution is 2.26. The van der Waals surface area contributed by atoms with E-state index >= 15 is 0 Å². The molecule has 0 radical (unpaired) electrons. The average molecular weight is 346 g/mol. The number of ether oxygens (including phenoxy) is 1. The van der Waals surface area contributed by atoms with Gasteiger partial charge in [-0.1, -0.05) is 35.9 Å². The number of carbonyl (C=O) groups excluding carboxylic acids is 1. The minimum Gasteiger partial charge on any atom is -0.378 e. The Kier molecular flexibility index (Phi) is 5.56. The first-order chi connectivity index (χ1) is 11.7. The molecular formula is C18H20ClN3O2. The first-order valence-corrected chi connectivity index (χ1v) is 8.32. The second-order valence-corrected chi connectivity index (χ2v) is 5.91. The van der Waals surface area contributed by atoms with Crippen molar-refractivity contribution in [1.82, 2.24) is 0 Å². The smallest absolute Gasteiger partial charge is 0.243 e. The van der Waals surface area contributed by atoms with Crippen LogP contribution in [0.5, 0.6) is 0 Å². The van der Waals surface area contributed by atoms with Gasteiger partial charge in [-0.3, -0.25) is 4.79 Å². The lowest BCUT2D eigenvalue weighted by Gasteiger charge is -2.30. The lowest BCUT2D eigenvalue weighted by Crippen LogP contribution is -2.36. The molecule has 0 spiro atoms. The van der Waals surface area contributed by atoms with Crippen molar-refractivity contribution in [3.05, 3.63) is 53.6 Å². The van der Waals surface area contributed by atoms with Crippen LogP contribution in [0.15, 0.2) is 48.5 Å². The highest BCUT2D eigenvalue weighted by atomic mass is 35.5. The summed E-state index contributed by atoms with van der Waals surface area (Å²) in [5.74, 6) is -0.139. The molecule has 2 aromatic rings. The van der Waals surface area contributed by atoms with Crippen LogP contribution >= 0.6 is 11.6 Å². The molecule has 0 unspecified atom stereocenters. The molecule has 24 heavy (non-hydrogen) atoms. The second-order valence-electron chi connectivity index (χ2n) is 5.50. The molecule has 0 atom stereocenters. The maximum Gasteiger partial charge on any atom is 0.243 e. The predicted molar refractivity (Wildman–Crippen MR) is 98.0 cm³/mol. The van der Waals surface area contributed by atoms with Crippen LogP contribution in [-0.4, -0.2) is 38.8 Å². The number of benzene rings is 2. The van der Waals surface area contributed by atoms with E-state index in [2.05, 4.69) is 21.6 Å². The molecule has 1 heterocycles. The summed E-state index contributed by atoms with van der Waals surface area (Å²) in [5.41, 5.74) is 2.65. The normalized spacial score (nSPS) is 14.3. The number of para-hydroxylation sites is 3. The summed E-state index contributed by atoms with van der Waals surface area (Å²) in [4.78, 5) is 14.4. The molecule has 1 saturated heterocycles. The molecule has 1 fully saturated rings. The predicted octanol–water partition coefficient (Wildman–Crippen LogP) is 3.23. The Balaban J connectivity index is 1.62. The van der Waals surface area contributed by atoms with Crippen LogP contribution in [0.4, 0.5) is 17.1 Å². The number of halogens is 1. The fraction of sp³-hybridized carbons (Fsp3) is 0.278. The number of morpholine rings is 1. The lowest BCUT2D eigenvalue weighted by molar-refractivity contribution is -0.114. The molecule has 2 N–H and O–H groups in total. The van der Waals surface area contributed by atoms with E-state index < -0.39 is 0 Å². The molecule has 0 bridgehead atoms. The maximum atomic E-state index is 12.2. The summed E-state index contributed by atoms with van der Waals surface area (Å²) in [6.07, 6.45) is 0. The Hall–Kier alpha value is -2.24. The van der Waals surface area contributed by atoms with Crippen molar-refractivity contribution in [2.45, 2.75) is 0 Å². The monoisotopic (exact) mass is 345 g/mol. The quantitative estimate of drug-likeness (QED) is 0.873. The summed E-state index contributed by atoms with van der Waals surface area (Å²) in [6, 6.07) is 15.2. The summed E-state index contributed by atoms with van der Waals surface area (Å²) in [6.45, 7) is 3.32. The highest BCUT2D eigenvalue weighted by molar-refractivity contribution is 6.33. The second kappa shape index (κ2) is 8.04. The Labute approximate surface area is 146 Å². The topological polar surface area (TPSA) is 53.6 Å². The minimum absolute atomic E-state index is 0.139. The molecule has 0 aromatic heterocycles. The fourth-order valence-corrected chi connectivity index (χ4v) is 2.82. The van der Waals surface area contributed by atoms with Gasteiger partial charge in [-0.05, 0) is 24.3 Å². The zero-order chi connectivity index (χ0) is 16.8. The van der Waals surface area contributed by atoms with Crippen molar-refractivity contribution in [2.24, 2.45) is 0 Å². The number of hydrogen-bond donors (Lipinski definition) is 2. The van der Waals surface area contributed by atoms with Crippen LogP contribution < -0.4 is 15.5 Å². The van der Waals surface area contributed by atoms with E-state index in [-0.39, 0.29) is 12.5 Å². The molecule has 2 aromatic carbocycles. The first-order valence-electron chi connectivity index (χ1n) is 7.94. The van der Waals surface area contributed by atoms with E-state index in [0.29, 0.717) is 10.7 Å². The zero-order valence-corrected chi connectivity index (χ0v) is 14.1. The van der Waals surface area contributed by atoms with Crippen LogP contribution in [0, 0.1) is 0 Å². The van der Waals surface area contributed by atoms with Crippen molar-refractivity contribution >= 4 is 34.6 Å². The SMILES string of the molecule is O=C(CNc1ccccc1N1CCOCC1)Nc1ccccc1Cl. The zero-order valence-electron chi connectivity index (χ0n) is 13.3. The van der Waals surface area contributed by atoms with Crippen molar-refractivity contribution < 1.29 is 9.53 Å². The number of nitrogens with one attached hydrogen (secondary N) is 2. The van der Waals surface area contributed by atoms with Gasteiger partial charge >= 0.3 is 0 Å². The molecule has 0 saturated carbocycles. The van der Waals surface area contributed by atoms with E-state index in [1.54, 1.807) is 12.1 Å². The van der Waals surface area contributed by atoms with Gasteiger partial charge in [0.05, 0.1) is 41.8 Å². The summed E-state index contributed by atoms with van der Waals surface area (Å²) in [5, 5.41) is 6.55. The van der Waals surface area contributed by atoms with Gasteiger partial charge in [0.2, 0.25) is 5.91 Å². The Morgan fingerprint density at radius 1 is 1.04 bits per heavy atom. The third kappa shape index (κ3) is 4.19. The number of anilines is 3. The van der Waals surface area contributed by atoms with Crippen LogP contribution in [0.1, 0.15) is 0 Å². The van der Waals surface area contributed by atoms with Gasteiger partial charge in [0.25, 0.3) is 0 Å². The molecule has 6 heteroatoms. The molecule has 1 amide bonds. The molecule has 1 aliphatic heterocycles. The van der Waals surface area contributed by atoms with Gasteiger partial charge in [0.1, 0.15) is 0 Å². The number of amides is 1. The average Bonchev–Trinajstić information content (AvgIpc) is 2.63. The maximum absolute atomic E-state index is 12.2. The van der Waals surface area contributed by atoms with Crippen LogP contribution in [0.25, 0.3) is 0 Å². The van der Waals surface area contributed by atoms with Crippen molar-refractivity contribution in [3.63, 3.8) is 0 Å². The molecule has 126 valence electrons. The fourth-order valence-electron chi connectivity index (χ4n) is 2.64. The van der Waals surface area contributed by atoms with E-state index in [4.69, 9.17) is 16.3 Å². The summed E-state index contributed by atoms with van der Waals surface area (Å²) < 4.78 is 5.40. The molecular weight excluding hydrogens is 326 g/mol. The highest BCUT2D eigenvalue weighted by Gasteiger charge is 2.15. The third-order valence-electron chi connectivity index (χ3n) is 3.84. The van der Waals surface area contributed by atoms with Crippen LogP contribution in [0.3, 0.4) is 0 Å². The number of nitrogens with zero attached hydrogens (tertiary/aromatic N) is 1. The van der Waals surface area contributed by atoms with Gasteiger partial charge in [0.15, 0.2) is 0 Å².